The van der Waals surface area contributed by atoms with E-state index in [0.717, 1.165) is 19.3 Å². The van der Waals surface area contributed by atoms with Crippen molar-refractivity contribution in [2.45, 2.75) is 30.2 Å². The van der Waals surface area contributed by atoms with Crippen LogP contribution in [0.15, 0.2) is 27.6 Å². The number of hydrogen-bond acceptors (Lipinski definition) is 4. The lowest BCUT2D eigenvalue weighted by atomic mass is 9.93. The van der Waals surface area contributed by atoms with Gasteiger partial charge in [0.15, 0.2) is 0 Å². The summed E-state index contributed by atoms with van der Waals surface area (Å²) in [5.74, 6) is 0. The fourth-order valence-electron chi connectivity index (χ4n) is 2.12. The second kappa shape index (κ2) is 5.78. The molecule has 0 atom stereocenters. The molecule has 0 bridgehead atoms. The molecule has 0 spiro atoms. The van der Waals surface area contributed by atoms with Gasteiger partial charge in [-0.2, -0.15) is 4.31 Å². The number of nitrogens with two attached hydrogens (primary N) is 1. The number of sulfonamides is 1. The van der Waals surface area contributed by atoms with Crippen molar-refractivity contribution in [3.05, 3.63) is 22.7 Å². The Morgan fingerprint density at radius 2 is 2.11 bits per heavy atom. The molecule has 2 rings (SSSR count). The number of aliphatic hydroxyl groups is 1. The standard InChI is InChI=1S/C12H17BrN2O3S/c13-11-8-9(14)4-5-12(11)19(17,18)15(6-7-16)10-2-1-3-10/h4-5,8,10,16H,1-3,6-7,14H2. The van der Waals surface area contributed by atoms with Crippen LogP contribution in [0.5, 0.6) is 0 Å². The fraction of sp³-hybridized carbons (Fsp3) is 0.500. The molecule has 0 saturated heterocycles. The van der Waals surface area contributed by atoms with Crippen LogP contribution in [0.1, 0.15) is 19.3 Å². The molecule has 1 saturated carbocycles. The van der Waals surface area contributed by atoms with Gasteiger partial charge in [0.1, 0.15) is 0 Å². The number of benzene rings is 1. The third-order valence-corrected chi connectivity index (χ3v) is 6.27. The molecular weight excluding hydrogens is 332 g/mol. The summed E-state index contributed by atoms with van der Waals surface area (Å²) in [5, 5.41) is 9.09. The smallest absolute Gasteiger partial charge is 0.244 e. The maximum absolute atomic E-state index is 12.6. The van der Waals surface area contributed by atoms with Gasteiger partial charge in [0, 0.05) is 22.7 Å². The molecule has 5 nitrogen and oxygen atoms in total. The third kappa shape index (κ3) is 2.94. The van der Waals surface area contributed by atoms with E-state index in [4.69, 9.17) is 10.8 Å². The van der Waals surface area contributed by atoms with Gasteiger partial charge in [-0.3, -0.25) is 0 Å². The number of halogens is 1. The van der Waals surface area contributed by atoms with E-state index in [1.54, 1.807) is 12.1 Å². The predicted molar refractivity (Wildman–Crippen MR) is 77.2 cm³/mol. The molecule has 1 aliphatic rings. The van der Waals surface area contributed by atoms with E-state index in [2.05, 4.69) is 15.9 Å². The van der Waals surface area contributed by atoms with Crippen LogP contribution in [-0.2, 0) is 10.0 Å². The lowest BCUT2D eigenvalue weighted by Gasteiger charge is -2.36. The zero-order chi connectivity index (χ0) is 14.0. The average molecular weight is 349 g/mol. The maximum Gasteiger partial charge on any atom is 0.244 e. The largest absolute Gasteiger partial charge is 0.399 e. The van der Waals surface area contributed by atoms with E-state index in [9.17, 15) is 8.42 Å². The molecule has 0 heterocycles. The number of nitrogens with zero attached hydrogens (tertiary/aromatic N) is 1. The Morgan fingerprint density at radius 1 is 1.42 bits per heavy atom. The summed E-state index contributed by atoms with van der Waals surface area (Å²) in [5.41, 5.74) is 6.13. The van der Waals surface area contributed by atoms with Crippen molar-refractivity contribution in [3.63, 3.8) is 0 Å². The summed E-state index contributed by atoms with van der Waals surface area (Å²) in [6.07, 6.45) is 2.74. The summed E-state index contributed by atoms with van der Waals surface area (Å²) in [4.78, 5) is 0.196. The quantitative estimate of drug-likeness (QED) is 0.791. The van der Waals surface area contributed by atoms with Crippen LogP contribution in [-0.4, -0.2) is 37.0 Å². The average Bonchev–Trinajstić information content (AvgIpc) is 2.25. The second-order valence-corrected chi connectivity index (χ2v) is 7.33. The van der Waals surface area contributed by atoms with Gasteiger partial charge in [-0.25, -0.2) is 8.42 Å². The van der Waals surface area contributed by atoms with Crippen molar-refractivity contribution in [3.8, 4) is 0 Å². The van der Waals surface area contributed by atoms with Crippen LogP contribution < -0.4 is 5.73 Å². The normalized spacial score (nSPS) is 16.6. The summed E-state index contributed by atoms with van der Waals surface area (Å²) >= 11 is 3.24. The van der Waals surface area contributed by atoms with Gasteiger partial charge in [0.05, 0.1) is 11.5 Å². The minimum Gasteiger partial charge on any atom is -0.399 e. The Labute approximate surface area is 121 Å². The van der Waals surface area contributed by atoms with E-state index in [-0.39, 0.29) is 24.1 Å². The van der Waals surface area contributed by atoms with E-state index < -0.39 is 10.0 Å². The van der Waals surface area contributed by atoms with Gasteiger partial charge in [-0.15, -0.1) is 0 Å². The first-order chi connectivity index (χ1) is 8.96. The molecule has 1 fully saturated rings. The van der Waals surface area contributed by atoms with Crippen LogP contribution in [0.25, 0.3) is 0 Å². The van der Waals surface area contributed by atoms with Crippen molar-refractivity contribution < 1.29 is 13.5 Å². The van der Waals surface area contributed by atoms with Crippen LogP contribution >= 0.6 is 15.9 Å². The zero-order valence-electron chi connectivity index (χ0n) is 10.4. The Morgan fingerprint density at radius 3 is 2.58 bits per heavy atom. The molecule has 19 heavy (non-hydrogen) atoms. The Bertz CT molecular complexity index is 558. The Hall–Kier alpha value is -0.630. The molecule has 1 aromatic rings. The highest BCUT2D eigenvalue weighted by molar-refractivity contribution is 9.10. The van der Waals surface area contributed by atoms with Gasteiger partial charge in [-0.05, 0) is 47.0 Å². The molecule has 3 N–H and O–H groups in total. The summed E-state index contributed by atoms with van der Waals surface area (Å²) in [7, 11) is -3.60. The highest BCUT2D eigenvalue weighted by Gasteiger charge is 2.35. The molecule has 1 aliphatic carbocycles. The van der Waals surface area contributed by atoms with E-state index in [1.165, 1.54) is 10.4 Å². The summed E-state index contributed by atoms with van der Waals surface area (Å²) in [6.45, 7) is -0.0495. The van der Waals surface area contributed by atoms with Crippen molar-refractivity contribution in [2.75, 3.05) is 18.9 Å². The Kier molecular flexibility index (Phi) is 4.50. The van der Waals surface area contributed by atoms with E-state index in [1.807, 2.05) is 0 Å². The fourth-order valence-corrected chi connectivity index (χ4v) is 4.86. The zero-order valence-corrected chi connectivity index (χ0v) is 12.8. The lowest BCUT2D eigenvalue weighted by molar-refractivity contribution is 0.178. The number of anilines is 1. The van der Waals surface area contributed by atoms with E-state index in [0.29, 0.717) is 10.2 Å². The Balaban J connectivity index is 2.38. The monoisotopic (exact) mass is 348 g/mol. The predicted octanol–water partition coefficient (Wildman–Crippen LogP) is 1.57. The SMILES string of the molecule is Nc1ccc(S(=O)(=O)N(CCO)C2CCC2)c(Br)c1. The second-order valence-electron chi connectivity index (χ2n) is 4.61. The third-order valence-electron chi connectivity index (χ3n) is 3.34. The molecule has 0 radical (unpaired) electrons. The number of nitrogen functional groups attached to an aromatic ring is 1. The molecule has 0 aliphatic heterocycles. The highest BCUT2D eigenvalue weighted by Crippen LogP contribution is 2.33. The number of hydrogen-bond donors (Lipinski definition) is 2. The topological polar surface area (TPSA) is 83.6 Å². The van der Waals surface area contributed by atoms with Crippen molar-refractivity contribution in [1.82, 2.24) is 4.31 Å². The molecule has 7 heteroatoms. The van der Waals surface area contributed by atoms with Crippen LogP contribution in [0.4, 0.5) is 5.69 Å². The van der Waals surface area contributed by atoms with Crippen molar-refractivity contribution in [1.29, 1.82) is 0 Å². The number of aliphatic hydroxyl groups excluding tert-OH is 1. The molecule has 0 aromatic heterocycles. The van der Waals surface area contributed by atoms with Gasteiger partial charge < -0.3 is 10.8 Å². The molecular formula is C12H17BrN2O3S. The van der Waals surface area contributed by atoms with Gasteiger partial charge in [0.2, 0.25) is 10.0 Å². The van der Waals surface area contributed by atoms with E-state index >= 15 is 0 Å². The van der Waals surface area contributed by atoms with Gasteiger partial charge in [0.25, 0.3) is 0 Å². The minimum atomic E-state index is -3.60. The number of rotatable bonds is 5. The molecule has 106 valence electrons. The van der Waals surface area contributed by atoms with Gasteiger partial charge >= 0.3 is 0 Å². The van der Waals surface area contributed by atoms with Crippen LogP contribution in [0, 0.1) is 0 Å². The van der Waals surface area contributed by atoms with Crippen molar-refractivity contribution in [2.24, 2.45) is 0 Å². The molecule has 0 unspecified atom stereocenters. The van der Waals surface area contributed by atoms with Crippen molar-refractivity contribution >= 4 is 31.6 Å². The van der Waals surface area contributed by atoms with Crippen LogP contribution in [0.3, 0.4) is 0 Å². The molecule has 1 aromatic carbocycles. The first-order valence-electron chi connectivity index (χ1n) is 6.14. The lowest BCUT2D eigenvalue weighted by Crippen LogP contribution is -2.45. The van der Waals surface area contributed by atoms with Gasteiger partial charge in [-0.1, -0.05) is 6.42 Å². The highest BCUT2D eigenvalue weighted by atomic mass is 79.9. The maximum atomic E-state index is 12.6. The summed E-state index contributed by atoms with van der Waals surface area (Å²) in [6, 6.07) is 4.64. The molecule has 0 amide bonds. The first-order valence-corrected chi connectivity index (χ1v) is 8.38. The minimum absolute atomic E-state index is 0.00148. The van der Waals surface area contributed by atoms with Crippen LogP contribution in [0.2, 0.25) is 0 Å². The summed E-state index contributed by atoms with van der Waals surface area (Å²) < 4.78 is 27.1. The first kappa shape index (κ1) is 14.8.